The van der Waals surface area contributed by atoms with Gasteiger partial charge in [0.05, 0.1) is 16.4 Å². The molecule has 0 radical (unpaired) electrons. The fourth-order valence-electron chi connectivity index (χ4n) is 3.89. The molecule has 2 saturated heterocycles. The Morgan fingerprint density at radius 3 is 2.45 bits per heavy atom. The number of benzene rings is 1. The van der Waals surface area contributed by atoms with Crippen LogP contribution in [0.5, 0.6) is 0 Å². The van der Waals surface area contributed by atoms with Crippen molar-refractivity contribution in [2.24, 2.45) is 0 Å². The van der Waals surface area contributed by atoms with Gasteiger partial charge in [-0.15, -0.1) is 0 Å². The van der Waals surface area contributed by atoms with Crippen molar-refractivity contribution < 1.29 is 31.2 Å². The van der Waals surface area contributed by atoms with Crippen molar-refractivity contribution in [2.45, 2.75) is 49.6 Å². The highest BCUT2D eigenvalue weighted by atomic mass is 32.2. The topological polar surface area (TPSA) is 118 Å². The van der Waals surface area contributed by atoms with Gasteiger partial charge in [-0.2, -0.15) is 4.31 Å². The van der Waals surface area contributed by atoms with Crippen molar-refractivity contribution in [1.82, 2.24) is 9.21 Å². The van der Waals surface area contributed by atoms with Crippen LogP contribution in [0.2, 0.25) is 0 Å². The maximum Gasteiger partial charge on any atom is 0.324 e. The van der Waals surface area contributed by atoms with Crippen LogP contribution in [-0.2, 0) is 34.2 Å². The molecule has 2 unspecified atom stereocenters. The van der Waals surface area contributed by atoms with Gasteiger partial charge in [0.1, 0.15) is 6.04 Å². The minimum Gasteiger partial charge on any atom is -0.454 e. The van der Waals surface area contributed by atoms with Gasteiger partial charge in [-0.1, -0.05) is 17.7 Å². The minimum atomic E-state index is -3.88. The van der Waals surface area contributed by atoms with Crippen molar-refractivity contribution in [3.63, 3.8) is 0 Å². The summed E-state index contributed by atoms with van der Waals surface area (Å²) in [7, 11) is -5.55. The number of likely N-dealkylation sites (N-methyl/N-ethyl adjacent to an activating group) is 1. The molecule has 9 nitrogen and oxygen atoms in total. The molecule has 3 rings (SSSR count). The first-order chi connectivity index (χ1) is 14.5. The monoisotopic (exact) mass is 472 g/mol. The fraction of sp³-hybridized carbons (Fsp3) is 0.600. The van der Waals surface area contributed by atoms with E-state index >= 15 is 0 Å². The predicted octanol–water partition coefficient (Wildman–Crippen LogP) is 0.727. The van der Waals surface area contributed by atoms with Gasteiger partial charge < -0.3 is 9.64 Å². The van der Waals surface area contributed by atoms with E-state index in [1.807, 2.05) is 6.92 Å². The Hall–Kier alpha value is -1.98. The lowest BCUT2D eigenvalue weighted by atomic mass is 10.1. The molecular formula is C20H28N2O7S2. The number of carbonyl (C=O) groups is 2. The molecule has 31 heavy (non-hydrogen) atoms. The standard InChI is InChI=1S/C20H28N2O7S2/c1-15-6-8-17(9-7-15)31(27,28)22-11-4-3-5-18(22)20(24)29-13-19(23)21(2)16-10-12-30(25,26)14-16/h6-9,16,18H,3-5,10-14H2,1-2H3. The van der Waals surface area contributed by atoms with Gasteiger partial charge in [-0.25, -0.2) is 16.8 Å². The summed E-state index contributed by atoms with van der Waals surface area (Å²) in [6.45, 7) is 1.50. The first kappa shape index (κ1) is 23.7. The molecule has 0 spiro atoms. The molecule has 2 heterocycles. The highest BCUT2D eigenvalue weighted by Crippen LogP contribution is 2.26. The van der Waals surface area contributed by atoms with Crippen LogP contribution in [0.3, 0.4) is 0 Å². The van der Waals surface area contributed by atoms with E-state index in [1.165, 1.54) is 24.1 Å². The van der Waals surface area contributed by atoms with E-state index in [0.717, 1.165) is 9.87 Å². The van der Waals surface area contributed by atoms with E-state index in [9.17, 15) is 26.4 Å². The van der Waals surface area contributed by atoms with Crippen molar-refractivity contribution in [1.29, 1.82) is 0 Å². The normalized spacial score (nSPS) is 23.9. The van der Waals surface area contributed by atoms with Gasteiger partial charge in [0.15, 0.2) is 16.4 Å². The van der Waals surface area contributed by atoms with Gasteiger partial charge in [-0.05, 0) is 44.7 Å². The zero-order chi connectivity index (χ0) is 22.8. The molecule has 2 atom stereocenters. The highest BCUT2D eigenvalue weighted by Gasteiger charge is 2.39. The van der Waals surface area contributed by atoms with Gasteiger partial charge in [-0.3, -0.25) is 9.59 Å². The quantitative estimate of drug-likeness (QED) is 0.560. The minimum absolute atomic E-state index is 0.0307. The second-order valence-corrected chi connectivity index (χ2v) is 12.2. The van der Waals surface area contributed by atoms with Crippen LogP contribution in [0.1, 0.15) is 31.2 Å². The molecule has 1 amide bonds. The second kappa shape index (κ2) is 9.25. The summed E-state index contributed by atoms with van der Waals surface area (Å²) >= 11 is 0. The first-order valence-corrected chi connectivity index (χ1v) is 13.5. The van der Waals surface area contributed by atoms with Crippen molar-refractivity contribution >= 4 is 31.7 Å². The molecule has 0 N–H and O–H groups in total. The van der Waals surface area contributed by atoms with Crippen LogP contribution in [0, 0.1) is 6.92 Å². The summed E-state index contributed by atoms with van der Waals surface area (Å²) in [6, 6.07) is 4.98. The van der Waals surface area contributed by atoms with E-state index in [1.54, 1.807) is 12.1 Å². The molecule has 2 aliphatic heterocycles. The summed E-state index contributed by atoms with van der Waals surface area (Å²) in [5.41, 5.74) is 0.922. The third-order valence-corrected chi connectivity index (χ3v) is 9.51. The zero-order valence-corrected chi connectivity index (χ0v) is 19.3. The molecule has 0 aliphatic carbocycles. The predicted molar refractivity (Wildman–Crippen MR) is 113 cm³/mol. The SMILES string of the molecule is Cc1ccc(S(=O)(=O)N2CCCCC2C(=O)OCC(=O)N(C)C2CCS(=O)(=O)C2)cc1. The number of hydrogen-bond donors (Lipinski definition) is 0. The number of aryl methyl sites for hydroxylation is 1. The van der Waals surface area contributed by atoms with Crippen molar-refractivity contribution in [2.75, 3.05) is 31.7 Å². The van der Waals surface area contributed by atoms with Crippen LogP contribution in [-0.4, -0.2) is 81.7 Å². The number of carbonyl (C=O) groups excluding carboxylic acids is 2. The lowest BCUT2D eigenvalue weighted by molar-refractivity contribution is -0.156. The Bertz CT molecular complexity index is 1040. The number of sulfone groups is 1. The Morgan fingerprint density at radius 2 is 1.84 bits per heavy atom. The van der Waals surface area contributed by atoms with E-state index in [4.69, 9.17) is 4.74 Å². The zero-order valence-electron chi connectivity index (χ0n) is 17.7. The van der Waals surface area contributed by atoms with Crippen LogP contribution in [0.15, 0.2) is 29.2 Å². The van der Waals surface area contributed by atoms with Crippen molar-refractivity contribution in [3.8, 4) is 0 Å². The third kappa shape index (κ3) is 5.45. The summed E-state index contributed by atoms with van der Waals surface area (Å²) in [5.74, 6) is -1.35. The van der Waals surface area contributed by atoms with E-state index in [0.29, 0.717) is 25.7 Å². The molecule has 11 heteroatoms. The lowest BCUT2D eigenvalue weighted by Crippen LogP contribution is -2.49. The molecule has 172 valence electrons. The maximum atomic E-state index is 13.1. The number of piperidine rings is 1. The molecule has 2 fully saturated rings. The Labute approximate surface area is 183 Å². The number of ether oxygens (including phenoxy) is 1. The van der Waals surface area contributed by atoms with Gasteiger partial charge >= 0.3 is 5.97 Å². The first-order valence-electron chi connectivity index (χ1n) is 10.2. The number of esters is 1. The molecule has 0 aromatic heterocycles. The Balaban J connectivity index is 1.65. The van der Waals surface area contributed by atoms with Crippen LogP contribution >= 0.6 is 0 Å². The van der Waals surface area contributed by atoms with Crippen LogP contribution in [0.4, 0.5) is 0 Å². The largest absolute Gasteiger partial charge is 0.454 e. The summed E-state index contributed by atoms with van der Waals surface area (Å²) in [5, 5.41) is 0. The van der Waals surface area contributed by atoms with E-state index in [2.05, 4.69) is 0 Å². The molecule has 0 bridgehead atoms. The third-order valence-electron chi connectivity index (χ3n) is 5.84. The molecular weight excluding hydrogens is 444 g/mol. The summed E-state index contributed by atoms with van der Waals surface area (Å²) in [4.78, 5) is 26.5. The average Bonchev–Trinajstić information content (AvgIpc) is 3.11. The van der Waals surface area contributed by atoms with Gasteiger partial charge in [0, 0.05) is 19.6 Å². The van der Waals surface area contributed by atoms with E-state index in [-0.39, 0.29) is 22.9 Å². The van der Waals surface area contributed by atoms with Gasteiger partial charge in [0.25, 0.3) is 5.91 Å². The molecule has 1 aromatic carbocycles. The molecule has 2 aliphatic rings. The van der Waals surface area contributed by atoms with E-state index < -0.39 is 50.4 Å². The molecule has 0 saturated carbocycles. The molecule has 1 aromatic rings. The van der Waals surface area contributed by atoms with Crippen LogP contribution < -0.4 is 0 Å². The number of rotatable bonds is 6. The summed E-state index contributed by atoms with van der Waals surface area (Å²) < 4.78 is 55.7. The van der Waals surface area contributed by atoms with Crippen LogP contribution in [0.25, 0.3) is 0 Å². The second-order valence-electron chi connectivity index (χ2n) is 8.11. The Morgan fingerprint density at radius 1 is 1.16 bits per heavy atom. The number of sulfonamides is 1. The summed E-state index contributed by atoms with van der Waals surface area (Å²) in [6.07, 6.45) is 1.97. The number of hydrogen-bond acceptors (Lipinski definition) is 7. The average molecular weight is 473 g/mol. The smallest absolute Gasteiger partial charge is 0.324 e. The Kier molecular flexibility index (Phi) is 7.07. The van der Waals surface area contributed by atoms with Crippen molar-refractivity contribution in [3.05, 3.63) is 29.8 Å². The maximum absolute atomic E-state index is 13.1. The number of nitrogens with zero attached hydrogens (tertiary/aromatic N) is 2. The lowest BCUT2D eigenvalue weighted by Gasteiger charge is -2.33. The highest BCUT2D eigenvalue weighted by molar-refractivity contribution is 7.91. The van der Waals surface area contributed by atoms with Gasteiger partial charge in [0.2, 0.25) is 10.0 Å². The number of amides is 1. The fourth-order valence-corrected chi connectivity index (χ4v) is 7.31.